The summed E-state index contributed by atoms with van der Waals surface area (Å²) in [5, 5.41) is 11.7. The molecule has 0 bridgehead atoms. The second-order valence-corrected chi connectivity index (χ2v) is 4.32. The number of hydrogen-bond acceptors (Lipinski definition) is 2. The maximum atomic E-state index is 11.8. The standard InChI is InChI=1S/C14H18N2O/c1-4-5-10(2)14(17)16-13-7-6-12(9-15)11(3)8-13/h6-8,10H,4-5H2,1-3H3,(H,16,17). The number of benzene rings is 1. The van der Waals surface area contributed by atoms with E-state index in [2.05, 4.69) is 18.3 Å². The highest BCUT2D eigenvalue weighted by Gasteiger charge is 2.12. The molecule has 1 unspecified atom stereocenters. The highest BCUT2D eigenvalue weighted by atomic mass is 16.1. The first-order valence-corrected chi connectivity index (χ1v) is 5.90. The molecule has 3 heteroatoms. The lowest BCUT2D eigenvalue weighted by molar-refractivity contribution is -0.119. The zero-order valence-electron chi connectivity index (χ0n) is 10.6. The first-order chi connectivity index (χ1) is 8.08. The molecule has 1 rings (SSSR count). The van der Waals surface area contributed by atoms with Gasteiger partial charge in [-0.3, -0.25) is 4.79 Å². The summed E-state index contributed by atoms with van der Waals surface area (Å²) in [7, 11) is 0. The Hall–Kier alpha value is -1.82. The van der Waals surface area contributed by atoms with Crippen LogP contribution in [0.3, 0.4) is 0 Å². The number of rotatable bonds is 4. The van der Waals surface area contributed by atoms with Gasteiger partial charge in [0.25, 0.3) is 0 Å². The summed E-state index contributed by atoms with van der Waals surface area (Å²) in [5.74, 6) is 0.0620. The van der Waals surface area contributed by atoms with Gasteiger partial charge in [0.1, 0.15) is 0 Å². The Morgan fingerprint density at radius 2 is 2.24 bits per heavy atom. The van der Waals surface area contributed by atoms with Crippen LogP contribution < -0.4 is 5.32 Å². The van der Waals surface area contributed by atoms with Gasteiger partial charge < -0.3 is 5.32 Å². The van der Waals surface area contributed by atoms with Crippen LogP contribution in [0.4, 0.5) is 5.69 Å². The Balaban J connectivity index is 2.73. The van der Waals surface area contributed by atoms with Gasteiger partial charge in [-0.2, -0.15) is 5.26 Å². The average Bonchev–Trinajstić information content (AvgIpc) is 2.29. The molecule has 0 aliphatic carbocycles. The molecule has 90 valence electrons. The van der Waals surface area contributed by atoms with Crippen molar-refractivity contribution in [2.45, 2.75) is 33.6 Å². The summed E-state index contributed by atoms with van der Waals surface area (Å²) in [6, 6.07) is 7.43. The summed E-state index contributed by atoms with van der Waals surface area (Å²) in [5.41, 5.74) is 2.28. The van der Waals surface area contributed by atoms with Gasteiger partial charge in [0.05, 0.1) is 11.6 Å². The maximum Gasteiger partial charge on any atom is 0.227 e. The Morgan fingerprint density at radius 3 is 2.76 bits per heavy atom. The topological polar surface area (TPSA) is 52.9 Å². The predicted molar refractivity (Wildman–Crippen MR) is 68.6 cm³/mol. The summed E-state index contributed by atoms with van der Waals surface area (Å²) in [4.78, 5) is 11.8. The van der Waals surface area contributed by atoms with Crippen molar-refractivity contribution in [2.24, 2.45) is 5.92 Å². The van der Waals surface area contributed by atoms with Gasteiger partial charge in [0, 0.05) is 11.6 Å². The van der Waals surface area contributed by atoms with Crippen LogP contribution in [-0.2, 0) is 4.79 Å². The molecule has 1 aromatic carbocycles. The third kappa shape index (κ3) is 3.60. The zero-order valence-corrected chi connectivity index (χ0v) is 10.6. The molecular formula is C14H18N2O. The third-order valence-electron chi connectivity index (χ3n) is 2.78. The average molecular weight is 230 g/mol. The van der Waals surface area contributed by atoms with Gasteiger partial charge in [-0.1, -0.05) is 20.3 Å². The van der Waals surface area contributed by atoms with E-state index >= 15 is 0 Å². The monoisotopic (exact) mass is 230 g/mol. The van der Waals surface area contributed by atoms with Crippen molar-refractivity contribution in [1.82, 2.24) is 0 Å². The van der Waals surface area contributed by atoms with E-state index in [0.717, 1.165) is 24.1 Å². The number of nitrogens with zero attached hydrogens (tertiary/aromatic N) is 1. The number of anilines is 1. The van der Waals surface area contributed by atoms with Gasteiger partial charge in [0.2, 0.25) is 5.91 Å². The van der Waals surface area contributed by atoms with Crippen molar-refractivity contribution in [3.8, 4) is 6.07 Å². The SMILES string of the molecule is CCCC(C)C(=O)Nc1ccc(C#N)c(C)c1. The first kappa shape index (κ1) is 13.2. The van der Waals surface area contributed by atoms with Crippen molar-refractivity contribution in [2.75, 3.05) is 5.32 Å². The van der Waals surface area contributed by atoms with E-state index in [1.54, 1.807) is 12.1 Å². The number of hydrogen-bond donors (Lipinski definition) is 1. The van der Waals surface area contributed by atoms with Crippen molar-refractivity contribution in [1.29, 1.82) is 5.26 Å². The molecule has 1 N–H and O–H groups in total. The Kier molecular flexibility index (Phi) is 4.71. The summed E-state index contributed by atoms with van der Waals surface area (Å²) in [6.45, 7) is 5.86. The summed E-state index contributed by atoms with van der Waals surface area (Å²) in [6.07, 6.45) is 1.89. The van der Waals surface area contributed by atoms with Crippen LogP contribution in [0.5, 0.6) is 0 Å². The Morgan fingerprint density at radius 1 is 1.53 bits per heavy atom. The molecule has 3 nitrogen and oxygen atoms in total. The van der Waals surface area contributed by atoms with E-state index in [1.807, 2.05) is 19.9 Å². The third-order valence-corrected chi connectivity index (χ3v) is 2.78. The quantitative estimate of drug-likeness (QED) is 0.863. The van der Waals surface area contributed by atoms with Crippen molar-refractivity contribution < 1.29 is 4.79 Å². The molecule has 0 aliphatic heterocycles. The van der Waals surface area contributed by atoms with E-state index in [4.69, 9.17) is 5.26 Å². The summed E-state index contributed by atoms with van der Waals surface area (Å²) >= 11 is 0. The number of nitriles is 1. The van der Waals surface area contributed by atoms with Gasteiger partial charge in [-0.25, -0.2) is 0 Å². The van der Waals surface area contributed by atoms with Gasteiger partial charge in [-0.05, 0) is 37.1 Å². The Bertz CT molecular complexity index is 446. The zero-order chi connectivity index (χ0) is 12.8. The lowest BCUT2D eigenvalue weighted by Crippen LogP contribution is -2.20. The Labute approximate surface area is 102 Å². The lowest BCUT2D eigenvalue weighted by atomic mass is 10.0. The van der Waals surface area contributed by atoms with Crippen LogP contribution in [-0.4, -0.2) is 5.91 Å². The molecule has 0 fully saturated rings. The molecular weight excluding hydrogens is 212 g/mol. The fourth-order valence-electron chi connectivity index (χ4n) is 1.70. The number of aryl methyl sites for hydroxylation is 1. The van der Waals surface area contributed by atoms with Crippen molar-refractivity contribution >= 4 is 11.6 Å². The van der Waals surface area contributed by atoms with E-state index in [1.165, 1.54) is 0 Å². The smallest absolute Gasteiger partial charge is 0.227 e. The van der Waals surface area contributed by atoms with Gasteiger partial charge >= 0.3 is 0 Å². The molecule has 0 saturated heterocycles. The number of carbonyl (C=O) groups is 1. The normalized spacial score (nSPS) is 11.6. The molecule has 1 amide bonds. The molecule has 0 spiro atoms. The van der Waals surface area contributed by atoms with Crippen molar-refractivity contribution in [3.05, 3.63) is 29.3 Å². The predicted octanol–water partition coefficient (Wildman–Crippen LogP) is 3.24. The second kappa shape index (κ2) is 6.05. The lowest BCUT2D eigenvalue weighted by Gasteiger charge is -2.11. The van der Waals surface area contributed by atoms with Gasteiger partial charge in [0.15, 0.2) is 0 Å². The number of carbonyl (C=O) groups excluding carboxylic acids is 1. The molecule has 1 atom stereocenters. The van der Waals surface area contributed by atoms with E-state index in [9.17, 15) is 4.79 Å². The minimum Gasteiger partial charge on any atom is -0.326 e. The molecule has 0 aromatic heterocycles. The molecule has 0 heterocycles. The molecule has 0 aliphatic rings. The number of nitrogens with one attached hydrogen (secondary N) is 1. The molecule has 0 radical (unpaired) electrons. The molecule has 1 aromatic rings. The summed E-state index contributed by atoms with van der Waals surface area (Å²) < 4.78 is 0. The van der Waals surface area contributed by atoms with E-state index < -0.39 is 0 Å². The molecule has 17 heavy (non-hydrogen) atoms. The number of amides is 1. The fraction of sp³-hybridized carbons (Fsp3) is 0.429. The minimum absolute atomic E-state index is 0.0240. The highest BCUT2D eigenvalue weighted by molar-refractivity contribution is 5.92. The minimum atomic E-state index is 0.0240. The fourth-order valence-corrected chi connectivity index (χ4v) is 1.70. The van der Waals surface area contributed by atoms with Crippen LogP contribution in [0, 0.1) is 24.2 Å². The van der Waals surface area contributed by atoms with Crippen LogP contribution in [0.2, 0.25) is 0 Å². The maximum absolute atomic E-state index is 11.8. The van der Waals surface area contributed by atoms with Crippen LogP contribution in [0.15, 0.2) is 18.2 Å². The van der Waals surface area contributed by atoms with E-state index in [0.29, 0.717) is 5.56 Å². The first-order valence-electron chi connectivity index (χ1n) is 5.90. The molecule has 0 saturated carbocycles. The second-order valence-electron chi connectivity index (χ2n) is 4.32. The van der Waals surface area contributed by atoms with E-state index in [-0.39, 0.29) is 11.8 Å². The van der Waals surface area contributed by atoms with Crippen LogP contribution in [0.25, 0.3) is 0 Å². The van der Waals surface area contributed by atoms with Crippen molar-refractivity contribution in [3.63, 3.8) is 0 Å². The van der Waals surface area contributed by atoms with Crippen LogP contribution in [0.1, 0.15) is 37.8 Å². The van der Waals surface area contributed by atoms with Crippen LogP contribution >= 0.6 is 0 Å². The largest absolute Gasteiger partial charge is 0.326 e. The van der Waals surface area contributed by atoms with Gasteiger partial charge in [-0.15, -0.1) is 0 Å². The highest BCUT2D eigenvalue weighted by Crippen LogP contribution is 2.16.